The summed E-state index contributed by atoms with van der Waals surface area (Å²) >= 11 is 1.50. The van der Waals surface area contributed by atoms with E-state index in [1.165, 1.54) is 17.3 Å². The van der Waals surface area contributed by atoms with Gasteiger partial charge in [-0.05, 0) is 36.6 Å². The van der Waals surface area contributed by atoms with Gasteiger partial charge in [0.1, 0.15) is 0 Å². The molecule has 0 radical (unpaired) electrons. The number of hydrogen-bond acceptors (Lipinski definition) is 4. The number of amides is 1. The predicted octanol–water partition coefficient (Wildman–Crippen LogP) is 3.91. The van der Waals surface area contributed by atoms with Gasteiger partial charge in [0.25, 0.3) is 0 Å². The van der Waals surface area contributed by atoms with Crippen molar-refractivity contribution in [3.63, 3.8) is 0 Å². The second-order valence-electron chi connectivity index (χ2n) is 5.44. The second kappa shape index (κ2) is 10.6. The molecule has 0 aromatic heterocycles. The van der Waals surface area contributed by atoms with Crippen LogP contribution < -0.4 is 5.32 Å². The largest absolute Gasteiger partial charge is 0.466 e. The van der Waals surface area contributed by atoms with E-state index in [9.17, 15) is 9.59 Å². The number of carbonyl (C=O) groups excluding carboxylic acids is 2. The van der Waals surface area contributed by atoms with Crippen molar-refractivity contribution in [2.45, 2.75) is 24.7 Å². The van der Waals surface area contributed by atoms with Gasteiger partial charge in [-0.3, -0.25) is 9.59 Å². The highest BCUT2D eigenvalue weighted by Gasteiger charge is 2.05. The highest BCUT2D eigenvalue weighted by molar-refractivity contribution is 8.00. The third kappa shape index (κ3) is 7.01. The van der Waals surface area contributed by atoms with Gasteiger partial charge >= 0.3 is 5.97 Å². The molecule has 5 heteroatoms. The Morgan fingerprint density at radius 2 is 1.68 bits per heavy atom. The van der Waals surface area contributed by atoms with E-state index in [4.69, 9.17) is 4.74 Å². The van der Waals surface area contributed by atoms with E-state index >= 15 is 0 Å². The van der Waals surface area contributed by atoms with E-state index in [0.29, 0.717) is 31.7 Å². The Labute approximate surface area is 153 Å². The van der Waals surface area contributed by atoms with Gasteiger partial charge in [-0.2, -0.15) is 0 Å². The lowest BCUT2D eigenvalue weighted by atomic mass is 10.1. The molecule has 0 heterocycles. The van der Waals surface area contributed by atoms with E-state index in [-0.39, 0.29) is 11.9 Å². The number of esters is 1. The quantitative estimate of drug-likeness (QED) is 0.420. The van der Waals surface area contributed by atoms with E-state index in [1.807, 2.05) is 30.3 Å². The first-order valence-electron chi connectivity index (χ1n) is 8.39. The smallest absolute Gasteiger partial charge is 0.305 e. The number of hydrogen-bond donors (Lipinski definition) is 1. The van der Waals surface area contributed by atoms with E-state index in [2.05, 4.69) is 29.6 Å². The summed E-state index contributed by atoms with van der Waals surface area (Å²) in [4.78, 5) is 24.1. The van der Waals surface area contributed by atoms with Gasteiger partial charge in [0.2, 0.25) is 5.91 Å². The Morgan fingerprint density at radius 3 is 2.36 bits per heavy atom. The van der Waals surface area contributed by atoms with Gasteiger partial charge in [-0.15, -0.1) is 11.8 Å². The third-order valence-corrected chi connectivity index (χ3v) is 4.53. The highest BCUT2D eigenvalue weighted by Crippen LogP contribution is 2.23. The van der Waals surface area contributed by atoms with Crippen molar-refractivity contribution in [1.82, 2.24) is 5.32 Å². The van der Waals surface area contributed by atoms with Crippen molar-refractivity contribution in [1.29, 1.82) is 0 Å². The molecule has 1 N–H and O–H groups in total. The van der Waals surface area contributed by atoms with Gasteiger partial charge in [-0.25, -0.2) is 0 Å². The van der Waals surface area contributed by atoms with Crippen LogP contribution in [0.3, 0.4) is 0 Å². The first-order chi connectivity index (χ1) is 12.2. The molecule has 0 saturated heterocycles. The molecule has 2 rings (SSSR count). The molecule has 132 valence electrons. The van der Waals surface area contributed by atoms with Crippen molar-refractivity contribution in [2.24, 2.45) is 0 Å². The summed E-state index contributed by atoms with van der Waals surface area (Å²) in [5, 5.41) is 2.82. The van der Waals surface area contributed by atoms with Crippen LogP contribution in [0, 0.1) is 0 Å². The molecule has 0 bridgehead atoms. The summed E-state index contributed by atoms with van der Waals surface area (Å²) in [5.74, 6) is 0.120. The lowest BCUT2D eigenvalue weighted by Gasteiger charge is -2.06. The Hall–Kier alpha value is -2.27. The van der Waals surface area contributed by atoms with Crippen LogP contribution >= 0.6 is 11.8 Å². The number of rotatable bonds is 9. The first kappa shape index (κ1) is 19.1. The number of nitrogens with one attached hydrogen (secondary N) is 1. The minimum atomic E-state index is -0.218. The maximum atomic E-state index is 11.8. The van der Waals surface area contributed by atoms with E-state index in [1.54, 1.807) is 6.92 Å². The molecule has 0 aliphatic carbocycles. The fraction of sp³-hybridized carbons (Fsp3) is 0.300. The minimum absolute atomic E-state index is 0.0269. The van der Waals surface area contributed by atoms with Crippen LogP contribution in [0.15, 0.2) is 59.5 Å². The molecule has 0 spiro atoms. The van der Waals surface area contributed by atoms with Crippen LogP contribution in [0.25, 0.3) is 11.1 Å². The summed E-state index contributed by atoms with van der Waals surface area (Å²) in [7, 11) is 0. The first-order valence-corrected chi connectivity index (χ1v) is 9.38. The van der Waals surface area contributed by atoms with Crippen LogP contribution in [0.2, 0.25) is 0 Å². The molecular formula is C20H23NO3S. The highest BCUT2D eigenvalue weighted by atomic mass is 32.2. The maximum absolute atomic E-state index is 11.8. The van der Waals surface area contributed by atoms with Gasteiger partial charge in [-0.1, -0.05) is 42.5 Å². The zero-order chi connectivity index (χ0) is 17.9. The molecule has 0 fully saturated rings. The molecule has 0 unspecified atom stereocenters. The zero-order valence-electron chi connectivity index (χ0n) is 14.4. The molecule has 2 aromatic rings. The Kier molecular flexibility index (Phi) is 8.05. The van der Waals surface area contributed by atoms with E-state index < -0.39 is 0 Å². The minimum Gasteiger partial charge on any atom is -0.466 e. The molecule has 0 saturated carbocycles. The fourth-order valence-corrected chi connectivity index (χ4v) is 3.00. The lowest BCUT2D eigenvalue weighted by molar-refractivity contribution is -0.143. The summed E-state index contributed by atoms with van der Waals surface area (Å²) in [6.07, 6.45) is 0.934. The van der Waals surface area contributed by atoms with Crippen molar-refractivity contribution < 1.29 is 14.3 Å². The molecular weight excluding hydrogens is 334 g/mol. The van der Waals surface area contributed by atoms with Crippen LogP contribution in [0.4, 0.5) is 0 Å². The Bertz CT molecular complexity index is 671. The number of carbonyl (C=O) groups is 2. The Morgan fingerprint density at radius 1 is 1.00 bits per heavy atom. The van der Waals surface area contributed by atoms with Gasteiger partial charge in [0, 0.05) is 17.9 Å². The normalized spacial score (nSPS) is 10.3. The summed E-state index contributed by atoms with van der Waals surface area (Å²) < 4.78 is 4.84. The molecule has 2 aromatic carbocycles. The second-order valence-corrected chi connectivity index (χ2v) is 6.49. The van der Waals surface area contributed by atoms with Crippen molar-refractivity contribution in [3.8, 4) is 11.1 Å². The topological polar surface area (TPSA) is 55.4 Å². The maximum Gasteiger partial charge on any atom is 0.305 e. The van der Waals surface area contributed by atoms with Crippen molar-refractivity contribution in [2.75, 3.05) is 18.9 Å². The molecule has 0 aliphatic heterocycles. The molecule has 4 nitrogen and oxygen atoms in total. The molecule has 0 aliphatic rings. The zero-order valence-corrected chi connectivity index (χ0v) is 15.2. The molecule has 0 atom stereocenters. The Balaban J connectivity index is 1.69. The van der Waals surface area contributed by atoms with E-state index in [0.717, 1.165) is 10.5 Å². The number of benzene rings is 2. The summed E-state index contributed by atoms with van der Waals surface area (Å²) in [6.45, 7) is 2.67. The van der Waals surface area contributed by atoms with Crippen molar-refractivity contribution >= 4 is 23.6 Å². The van der Waals surface area contributed by atoms with Gasteiger partial charge in [0.15, 0.2) is 0 Å². The van der Waals surface area contributed by atoms with Crippen LogP contribution in [0.5, 0.6) is 0 Å². The summed E-state index contributed by atoms with van der Waals surface area (Å²) in [5.41, 5.74) is 2.34. The number of ether oxygens (including phenoxy) is 1. The summed E-state index contributed by atoms with van der Waals surface area (Å²) in [6, 6.07) is 18.4. The van der Waals surface area contributed by atoms with Gasteiger partial charge in [0.05, 0.1) is 12.4 Å². The van der Waals surface area contributed by atoms with Crippen LogP contribution in [-0.4, -0.2) is 30.8 Å². The fourth-order valence-electron chi connectivity index (χ4n) is 2.27. The third-order valence-electron chi connectivity index (χ3n) is 3.52. The van der Waals surface area contributed by atoms with Gasteiger partial charge < -0.3 is 10.1 Å². The lowest BCUT2D eigenvalue weighted by Crippen LogP contribution is -2.26. The van der Waals surface area contributed by atoms with Crippen molar-refractivity contribution in [3.05, 3.63) is 54.6 Å². The predicted molar refractivity (Wildman–Crippen MR) is 101 cm³/mol. The monoisotopic (exact) mass is 357 g/mol. The molecule has 1 amide bonds. The SMILES string of the molecule is CCOC(=O)CCCNC(=O)CSc1ccc(-c2ccccc2)cc1. The van der Waals surface area contributed by atoms with Crippen LogP contribution in [0.1, 0.15) is 19.8 Å². The average Bonchev–Trinajstić information content (AvgIpc) is 2.65. The average molecular weight is 357 g/mol. The number of thioether (sulfide) groups is 1. The standard InChI is InChI=1S/C20H23NO3S/c1-2-24-20(23)9-6-14-21-19(22)15-25-18-12-10-17(11-13-18)16-7-4-3-5-8-16/h3-5,7-8,10-13H,2,6,9,14-15H2,1H3,(H,21,22). The molecule has 25 heavy (non-hydrogen) atoms. The van der Waals surface area contributed by atoms with Crippen LogP contribution in [-0.2, 0) is 14.3 Å².